The number of nitrogens with zero attached hydrogens (tertiary/aromatic N) is 3. The monoisotopic (exact) mass is 295 g/mol. The number of thiazole rings is 1. The van der Waals surface area contributed by atoms with Gasteiger partial charge in [-0.3, -0.25) is 5.32 Å². The van der Waals surface area contributed by atoms with Gasteiger partial charge >= 0.3 is 12.1 Å². The topological polar surface area (TPSA) is 77.6 Å². The first-order chi connectivity index (χ1) is 9.74. The SMILES string of the molecule is O=C(Nc1nccs1)N1CCCC(N2CCNC2=O)C1. The lowest BCUT2D eigenvalue weighted by Gasteiger charge is -2.36. The molecular formula is C12H17N5O2S. The minimum absolute atomic E-state index is 0.0165. The zero-order valence-electron chi connectivity index (χ0n) is 11.0. The molecule has 0 aromatic carbocycles. The van der Waals surface area contributed by atoms with Crippen molar-refractivity contribution >= 4 is 28.5 Å². The summed E-state index contributed by atoms with van der Waals surface area (Å²) in [6.45, 7) is 2.74. The number of nitrogens with one attached hydrogen (secondary N) is 2. The second-order valence-corrected chi connectivity index (χ2v) is 5.83. The molecule has 2 fully saturated rings. The molecule has 2 aliphatic heterocycles. The van der Waals surface area contributed by atoms with E-state index in [9.17, 15) is 9.59 Å². The fourth-order valence-corrected chi connectivity index (χ4v) is 3.20. The predicted molar refractivity (Wildman–Crippen MR) is 75.8 cm³/mol. The van der Waals surface area contributed by atoms with Gasteiger partial charge in [0, 0.05) is 37.8 Å². The third-order valence-corrected chi connectivity index (χ3v) is 4.35. The largest absolute Gasteiger partial charge is 0.336 e. The van der Waals surface area contributed by atoms with E-state index in [2.05, 4.69) is 15.6 Å². The molecule has 4 amide bonds. The van der Waals surface area contributed by atoms with Gasteiger partial charge in [-0.15, -0.1) is 11.3 Å². The van der Waals surface area contributed by atoms with E-state index >= 15 is 0 Å². The summed E-state index contributed by atoms with van der Waals surface area (Å²) in [6, 6.07) is -0.0327. The summed E-state index contributed by atoms with van der Waals surface area (Å²) in [7, 11) is 0. The summed E-state index contributed by atoms with van der Waals surface area (Å²) in [5.41, 5.74) is 0. The summed E-state index contributed by atoms with van der Waals surface area (Å²) in [4.78, 5) is 31.5. The Bertz CT molecular complexity index is 492. The van der Waals surface area contributed by atoms with Crippen LogP contribution in [0.1, 0.15) is 12.8 Å². The van der Waals surface area contributed by atoms with E-state index in [1.165, 1.54) is 11.3 Å². The van der Waals surface area contributed by atoms with Gasteiger partial charge in [0.2, 0.25) is 0 Å². The van der Waals surface area contributed by atoms with E-state index in [1.54, 1.807) is 11.1 Å². The van der Waals surface area contributed by atoms with Crippen molar-refractivity contribution in [2.45, 2.75) is 18.9 Å². The van der Waals surface area contributed by atoms with Crippen LogP contribution in [0, 0.1) is 0 Å². The summed E-state index contributed by atoms with van der Waals surface area (Å²) in [5.74, 6) is 0. The van der Waals surface area contributed by atoms with Crippen molar-refractivity contribution in [3.05, 3.63) is 11.6 Å². The van der Waals surface area contributed by atoms with Crippen LogP contribution in [0.3, 0.4) is 0 Å². The molecule has 2 N–H and O–H groups in total. The maximum atomic E-state index is 12.2. The number of urea groups is 2. The number of rotatable bonds is 2. The highest BCUT2D eigenvalue weighted by molar-refractivity contribution is 7.13. The Labute approximate surface area is 121 Å². The molecule has 1 aromatic rings. The van der Waals surface area contributed by atoms with Crippen LogP contribution in [-0.2, 0) is 0 Å². The van der Waals surface area contributed by atoms with Gasteiger partial charge in [-0.1, -0.05) is 0 Å². The highest BCUT2D eigenvalue weighted by Crippen LogP contribution is 2.19. The maximum Gasteiger partial charge on any atom is 0.323 e. The van der Waals surface area contributed by atoms with Crippen LogP contribution >= 0.6 is 11.3 Å². The Balaban J connectivity index is 1.60. The van der Waals surface area contributed by atoms with Crippen LogP contribution in [0.25, 0.3) is 0 Å². The number of carbonyl (C=O) groups excluding carboxylic acids is 2. The number of carbonyl (C=O) groups is 2. The maximum absolute atomic E-state index is 12.2. The Morgan fingerprint density at radius 1 is 1.50 bits per heavy atom. The zero-order valence-corrected chi connectivity index (χ0v) is 11.9. The van der Waals surface area contributed by atoms with Crippen LogP contribution in [0.5, 0.6) is 0 Å². The van der Waals surface area contributed by atoms with Gasteiger partial charge < -0.3 is 15.1 Å². The van der Waals surface area contributed by atoms with E-state index in [-0.39, 0.29) is 18.1 Å². The first kappa shape index (κ1) is 13.2. The van der Waals surface area contributed by atoms with Crippen molar-refractivity contribution in [2.24, 2.45) is 0 Å². The Kier molecular flexibility index (Phi) is 3.72. The number of anilines is 1. The number of hydrogen-bond acceptors (Lipinski definition) is 4. The molecule has 108 valence electrons. The third kappa shape index (κ3) is 2.69. The lowest BCUT2D eigenvalue weighted by Crippen LogP contribution is -2.51. The molecule has 2 aliphatic rings. The molecular weight excluding hydrogens is 278 g/mol. The lowest BCUT2D eigenvalue weighted by atomic mass is 10.0. The molecule has 0 radical (unpaired) electrons. The molecule has 8 heteroatoms. The molecule has 1 aromatic heterocycles. The van der Waals surface area contributed by atoms with Gasteiger partial charge in [-0.05, 0) is 12.8 Å². The quantitative estimate of drug-likeness (QED) is 0.859. The van der Waals surface area contributed by atoms with Crippen LogP contribution < -0.4 is 10.6 Å². The van der Waals surface area contributed by atoms with Gasteiger partial charge in [0.15, 0.2) is 5.13 Å². The average Bonchev–Trinajstić information content (AvgIpc) is 3.10. The van der Waals surface area contributed by atoms with Crippen molar-refractivity contribution in [2.75, 3.05) is 31.5 Å². The second-order valence-electron chi connectivity index (χ2n) is 4.93. The molecule has 1 unspecified atom stereocenters. The molecule has 1 atom stereocenters. The summed E-state index contributed by atoms with van der Waals surface area (Å²) in [5, 5.41) is 8.03. The fraction of sp³-hybridized carbons (Fsp3) is 0.583. The van der Waals surface area contributed by atoms with Crippen LogP contribution in [0.2, 0.25) is 0 Å². The number of piperidine rings is 1. The molecule has 2 saturated heterocycles. The van der Waals surface area contributed by atoms with Crippen molar-refractivity contribution in [1.29, 1.82) is 0 Å². The Morgan fingerprint density at radius 2 is 2.40 bits per heavy atom. The first-order valence-corrected chi connectivity index (χ1v) is 7.62. The Hall–Kier alpha value is -1.83. The van der Waals surface area contributed by atoms with Crippen LogP contribution in [0.4, 0.5) is 14.7 Å². The van der Waals surface area contributed by atoms with Gasteiger partial charge in [-0.2, -0.15) is 0 Å². The molecule has 20 heavy (non-hydrogen) atoms. The summed E-state index contributed by atoms with van der Waals surface area (Å²) >= 11 is 1.40. The number of aromatic nitrogens is 1. The summed E-state index contributed by atoms with van der Waals surface area (Å²) < 4.78 is 0. The van der Waals surface area contributed by atoms with Crippen molar-refractivity contribution in [1.82, 2.24) is 20.1 Å². The lowest BCUT2D eigenvalue weighted by molar-refractivity contribution is 0.139. The normalized spacial score (nSPS) is 22.8. The molecule has 0 saturated carbocycles. The fourth-order valence-electron chi connectivity index (χ4n) is 2.68. The molecule has 3 heterocycles. The molecule has 3 rings (SSSR count). The van der Waals surface area contributed by atoms with Crippen molar-refractivity contribution < 1.29 is 9.59 Å². The second kappa shape index (κ2) is 5.66. The standard InChI is InChI=1S/C12H17N5O2S/c18-11-14-3-6-17(11)9-2-1-5-16(8-9)12(19)15-10-13-4-7-20-10/h4,7,9H,1-3,5-6,8H2,(H,14,18)(H,13,15,19). The van der Waals surface area contributed by atoms with E-state index in [0.29, 0.717) is 18.2 Å². The molecule has 0 aliphatic carbocycles. The van der Waals surface area contributed by atoms with Crippen molar-refractivity contribution in [3.63, 3.8) is 0 Å². The number of amides is 4. The van der Waals surface area contributed by atoms with Gasteiger partial charge in [0.25, 0.3) is 0 Å². The Morgan fingerprint density at radius 3 is 3.10 bits per heavy atom. The number of likely N-dealkylation sites (tertiary alicyclic amines) is 1. The van der Waals surface area contributed by atoms with E-state index < -0.39 is 0 Å². The van der Waals surface area contributed by atoms with E-state index in [1.807, 2.05) is 10.3 Å². The molecule has 0 bridgehead atoms. The van der Waals surface area contributed by atoms with E-state index in [0.717, 1.165) is 25.9 Å². The highest BCUT2D eigenvalue weighted by atomic mass is 32.1. The first-order valence-electron chi connectivity index (χ1n) is 6.74. The van der Waals surface area contributed by atoms with Gasteiger partial charge in [0.1, 0.15) is 0 Å². The predicted octanol–water partition coefficient (Wildman–Crippen LogP) is 1.16. The summed E-state index contributed by atoms with van der Waals surface area (Å²) in [6.07, 6.45) is 3.53. The van der Waals surface area contributed by atoms with E-state index in [4.69, 9.17) is 0 Å². The highest BCUT2D eigenvalue weighted by Gasteiger charge is 2.32. The third-order valence-electron chi connectivity index (χ3n) is 3.66. The van der Waals surface area contributed by atoms with Crippen molar-refractivity contribution in [3.8, 4) is 0 Å². The van der Waals surface area contributed by atoms with Crippen LogP contribution in [0.15, 0.2) is 11.6 Å². The zero-order chi connectivity index (χ0) is 13.9. The minimum Gasteiger partial charge on any atom is -0.336 e. The average molecular weight is 295 g/mol. The van der Waals surface area contributed by atoms with Gasteiger partial charge in [-0.25, -0.2) is 14.6 Å². The number of hydrogen-bond donors (Lipinski definition) is 2. The minimum atomic E-state index is -0.135. The molecule has 0 spiro atoms. The molecule has 7 nitrogen and oxygen atoms in total. The smallest absolute Gasteiger partial charge is 0.323 e. The van der Waals surface area contributed by atoms with Gasteiger partial charge in [0.05, 0.1) is 6.04 Å². The van der Waals surface area contributed by atoms with Crippen LogP contribution in [-0.4, -0.2) is 59.1 Å².